The Balaban J connectivity index is 2.68. The molecule has 6 nitrogen and oxygen atoms in total. The molecule has 0 spiro atoms. The van der Waals surface area contributed by atoms with Crippen molar-refractivity contribution < 1.29 is 26.4 Å². The molecule has 0 saturated carbocycles. The van der Waals surface area contributed by atoms with Gasteiger partial charge >= 0.3 is 0 Å². The van der Waals surface area contributed by atoms with Gasteiger partial charge in [-0.25, -0.2) is 16.8 Å². The molecule has 0 fully saturated rings. The van der Waals surface area contributed by atoms with Crippen molar-refractivity contribution >= 4 is 37.1 Å². The molecule has 26 heavy (non-hydrogen) atoms. The van der Waals surface area contributed by atoms with Crippen LogP contribution in [0.4, 0.5) is 0 Å². The standard InChI is InChI=1S/C17H23ClO6S2/c1-16(2)15(19)17(7-9-25(3,20)21,8-10-26(4,22)23)13-11-12(18)5-6-14(13)24-16/h5-6,11H,7-10H2,1-4H3. The molecule has 0 aromatic heterocycles. The van der Waals surface area contributed by atoms with Gasteiger partial charge in [0.1, 0.15) is 25.4 Å². The number of carbonyl (C=O) groups excluding carboxylic acids is 1. The van der Waals surface area contributed by atoms with Gasteiger partial charge in [-0.3, -0.25) is 4.79 Å². The number of hydrogen-bond donors (Lipinski definition) is 0. The third kappa shape index (κ3) is 4.58. The van der Waals surface area contributed by atoms with Crippen LogP contribution >= 0.6 is 11.6 Å². The highest BCUT2D eigenvalue weighted by Gasteiger charge is 2.53. The van der Waals surface area contributed by atoms with Crippen molar-refractivity contribution in [2.45, 2.75) is 37.7 Å². The first-order chi connectivity index (χ1) is 11.7. The lowest BCUT2D eigenvalue weighted by molar-refractivity contribution is -0.141. The largest absolute Gasteiger partial charge is 0.480 e. The number of benzene rings is 1. The van der Waals surface area contributed by atoms with Crippen molar-refractivity contribution in [2.24, 2.45) is 0 Å². The predicted molar refractivity (Wildman–Crippen MR) is 101 cm³/mol. The summed E-state index contributed by atoms with van der Waals surface area (Å²) in [7, 11) is -6.73. The lowest BCUT2D eigenvalue weighted by Crippen LogP contribution is -2.55. The average Bonchev–Trinajstić information content (AvgIpc) is 2.46. The number of halogens is 1. The molecule has 1 heterocycles. The lowest BCUT2D eigenvalue weighted by Gasteiger charge is -2.44. The minimum Gasteiger partial charge on any atom is -0.480 e. The van der Waals surface area contributed by atoms with Gasteiger partial charge in [0.25, 0.3) is 0 Å². The van der Waals surface area contributed by atoms with E-state index in [0.29, 0.717) is 16.3 Å². The van der Waals surface area contributed by atoms with E-state index in [1.165, 1.54) is 0 Å². The number of ketones is 1. The van der Waals surface area contributed by atoms with Gasteiger partial charge in [-0.05, 0) is 44.9 Å². The summed E-state index contributed by atoms with van der Waals surface area (Å²) < 4.78 is 52.9. The molecule has 0 radical (unpaired) electrons. The van der Waals surface area contributed by atoms with Crippen LogP contribution in [0, 0.1) is 0 Å². The van der Waals surface area contributed by atoms with Crippen LogP contribution in [0.3, 0.4) is 0 Å². The molecule has 0 unspecified atom stereocenters. The maximum absolute atomic E-state index is 13.3. The third-order valence-corrected chi connectivity index (χ3v) is 6.73. The van der Waals surface area contributed by atoms with Crippen LogP contribution in [0.25, 0.3) is 0 Å². The number of Topliss-reactive ketones (excluding diaryl/α,β-unsaturated/α-hetero) is 1. The Morgan fingerprint density at radius 1 is 1.00 bits per heavy atom. The molecule has 0 atom stereocenters. The van der Waals surface area contributed by atoms with Gasteiger partial charge in [-0.15, -0.1) is 0 Å². The fraction of sp³-hybridized carbons (Fsp3) is 0.588. The van der Waals surface area contributed by atoms with Crippen LogP contribution in [0.15, 0.2) is 18.2 Å². The van der Waals surface area contributed by atoms with E-state index in [4.69, 9.17) is 16.3 Å². The number of fused-ring (bicyclic) bond motifs is 1. The van der Waals surface area contributed by atoms with Gasteiger partial charge < -0.3 is 4.74 Å². The minimum absolute atomic E-state index is 0.0275. The Bertz CT molecular complexity index is 896. The van der Waals surface area contributed by atoms with Gasteiger partial charge in [0.05, 0.1) is 16.9 Å². The van der Waals surface area contributed by atoms with E-state index in [1.807, 2.05) is 0 Å². The molecular weight excluding hydrogens is 400 g/mol. The van der Waals surface area contributed by atoms with Crippen molar-refractivity contribution in [3.63, 3.8) is 0 Å². The van der Waals surface area contributed by atoms with Crippen molar-refractivity contribution in [3.8, 4) is 5.75 Å². The fourth-order valence-electron chi connectivity index (χ4n) is 3.33. The van der Waals surface area contributed by atoms with E-state index in [1.54, 1.807) is 32.0 Å². The van der Waals surface area contributed by atoms with Crippen molar-refractivity contribution in [1.82, 2.24) is 0 Å². The van der Waals surface area contributed by atoms with Gasteiger partial charge in [-0.2, -0.15) is 0 Å². The molecule has 146 valence electrons. The molecule has 0 saturated heterocycles. The molecule has 1 aromatic rings. The topological polar surface area (TPSA) is 94.6 Å². The number of hydrogen-bond acceptors (Lipinski definition) is 6. The van der Waals surface area contributed by atoms with Crippen LogP contribution in [0.2, 0.25) is 5.02 Å². The Kier molecular flexibility index (Phi) is 5.54. The van der Waals surface area contributed by atoms with Gasteiger partial charge in [0.15, 0.2) is 11.4 Å². The molecule has 0 bridgehead atoms. The van der Waals surface area contributed by atoms with Gasteiger partial charge in [0, 0.05) is 23.1 Å². The summed E-state index contributed by atoms with van der Waals surface area (Å²) in [5.41, 5.74) is -2.06. The zero-order valence-electron chi connectivity index (χ0n) is 15.2. The maximum Gasteiger partial charge on any atom is 0.186 e. The van der Waals surface area contributed by atoms with Crippen LogP contribution in [-0.2, 0) is 29.9 Å². The van der Waals surface area contributed by atoms with Crippen LogP contribution in [0.1, 0.15) is 32.3 Å². The Labute approximate surface area is 159 Å². The quantitative estimate of drug-likeness (QED) is 0.697. The molecule has 1 aromatic carbocycles. The van der Waals surface area contributed by atoms with Crippen LogP contribution in [-0.4, -0.2) is 52.2 Å². The first kappa shape index (κ1) is 21.2. The fourth-order valence-corrected chi connectivity index (χ4v) is 4.94. The SMILES string of the molecule is CC1(C)Oc2ccc(Cl)cc2C(CCS(C)(=O)=O)(CCS(C)(=O)=O)C1=O. The normalized spacial score (nSPS) is 18.9. The first-order valence-electron chi connectivity index (χ1n) is 8.06. The summed E-state index contributed by atoms with van der Waals surface area (Å²) >= 11 is 6.10. The number of rotatable bonds is 6. The van der Waals surface area contributed by atoms with Crippen LogP contribution < -0.4 is 4.74 Å². The molecule has 2 rings (SSSR count). The van der Waals surface area contributed by atoms with Gasteiger partial charge in [-0.1, -0.05) is 11.6 Å². The second kappa shape index (κ2) is 6.80. The van der Waals surface area contributed by atoms with Crippen molar-refractivity contribution in [1.29, 1.82) is 0 Å². The average molecular weight is 423 g/mol. The highest BCUT2D eigenvalue weighted by molar-refractivity contribution is 7.90. The van der Waals surface area contributed by atoms with E-state index in [2.05, 4.69) is 0 Å². The van der Waals surface area contributed by atoms with Crippen LogP contribution in [0.5, 0.6) is 5.75 Å². The zero-order valence-corrected chi connectivity index (χ0v) is 17.6. The number of ether oxygens (including phenoxy) is 1. The second-order valence-corrected chi connectivity index (χ2v) is 12.4. The second-order valence-electron chi connectivity index (χ2n) is 7.42. The third-order valence-electron chi connectivity index (χ3n) is 4.60. The maximum atomic E-state index is 13.3. The summed E-state index contributed by atoms with van der Waals surface area (Å²) in [6, 6.07) is 4.81. The molecule has 0 N–H and O–H groups in total. The molecular formula is C17H23ClO6S2. The number of carbonyl (C=O) groups is 1. The smallest absolute Gasteiger partial charge is 0.186 e. The van der Waals surface area contributed by atoms with Crippen molar-refractivity contribution in [2.75, 3.05) is 24.0 Å². The van der Waals surface area contributed by atoms with E-state index in [-0.39, 0.29) is 30.1 Å². The van der Waals surface area contributed by atoms with E-state index < -0.39 is 30.7 Å². The molecule has 1 aliphatic heterocycles. The Morgan fingerprint density at radius 2 is 1.50 bits per heavy atom. The van der Waals surface area contributed by atoms with E-state index >= 15 is 0 Å². The molecule has 1 aliphatic rings. The molecule has 0 amide bonds. The van der Waals surface area contributed by atoms with E-state index in [0.717, 1.165) is 12.5 Å². The monoisotopic (exact) mass is 422 g/mol. The lowest BCUT2D eigenvalue weighted by atomic mass is 9.66. The molecule has 9 heteroatoms. The Morgan fingerprint density at radius 3 is 1.96 bits per heavy atom. The first-order valence-corrected chi connectivity index (χ1v) is 12.6. The Hall–Kier alpha value is -1.12. The highest BCUT2D eigenvalue weighted by atomic mass is 35.5. The molecule has 0 aliphatic carbocycles. The summed E-state index contributed by atoms with van der Waals surface area (Å²) in [6.45, 7) is 3.20. The summed E-state index contributed by atoms with van der Waals surface area (Å²) in [5.74, 6) is -0.414. The predicted octanol–water partition coefficient (Wildman–Crippen LogP) is 2.19. The summed E-state index contributed by atoms with van der Waals surface area (Å²) in [4.78, 5) is 13.3. The summed E-state index contributed by atoms with van der Waals surface area (Å²) in [6.07, 6.45) is 2.12. The summed E-state index contributed by atoms with van der Waals surface area (Å²) in [5, 5.41) is 0.364. The van der Waals surface area contributed by atoms with Crippen molar-refractivity contribution in [3.05, 3.63) is 28.8 Å². The number of sulfone groups is 2. The van der Waals surface area contributed by atoms with E-state index in [9.17, 15) is 21.6 Å². The zero-order chi connectivity index (χ0) is 20.0. The minimum atomic E-state index is -3.36. The highest BCUT2D eigenvalue weighted by Crippen LogP contribution is 2.47. The van der Waals surface area contributed by atoms with Gasteiger partial charge in [0.2, 0.25) is 0 Å².